The molecule has 0 saturated carbocycles. The number of pyridine rings is 1. The highest BCUT2D eigenvalue weighted by Crippen LogP contribution is 2.38. The largest absolute Gasteiger partial charge is 0.452 e. The van der Waals surface area contributed by atoms with Crippen molar-refractivity contribution in [3.63, 3.8) is 0 Å². The van der Waals surface area contributed by atoms with Crippen LogP contribution in [0.1, 0.15) is 63.3 Å². The average molecular weight is 446 g/mol. The average Bonchev–Trinajstić information content (AvgIpc) is 3.28. The fourth-order valence-electron chi connectivity index (χ4n) is 4.76. The van der Waals surface area contributed by atoms with Gasteiger partial charge in [0.15, 0.2) is 6.61 Å². The molecular weight excluding hydrogens is 422 g/mol. The van der Waals surface area contributed by atoms with E-state index in [1.807, 2.05) is 24.3 Å². The maximum atomic E-state index is 13.2. The van der Waals surface area contributed by atoms with Crippen LogP contribution in [0.3, 0.4) is 0 Å². The summed E-state index contributed by atoms with van der Waals surface area (Å²) in [6.07, 6.45) is 7.67. The molecule has 0 aliphatic heterocycles. The number of rotatable bonds is 4. The lowest BCUT2D eigenvalue weighted by Crippen LogP contribution is -2.22. The van der Waals surface area contributed by atoms with Gasteiger partial charge in [-0.15, -0.1) is 11.3 Å². The number of nitrogens with zero attached hydrogens (tertiary/aromatic N) is 2. The Kier molecular flexibility index (Phi) is 5.62. The number of hydrogen-bond acceptors (Lipinski definition) is 6. The molecule has 0 radical (unpaired) electrons. The third-order valence-corrected chi connectivity index (χ3v) is 7.45. The van der Waals surface area contributed by atoms with Gasteiger partial charge in [0.2, 0.25) is 0 Å². The van der Waals surface area contributed by atoms with E-state index in [-0.39, 0.29) is 0 Å². The van der Waals surface area contributed by atoms with E-state index in [2.05, 4.69) is 11.4 Å². The monoisotopic (exact) mass is 445 g/mol. The molecule has 0 bridgehead atoms. The van der Waals surface area contributed by atoms with Crippen LogP contribution >= 0.6 is 11.3 Å². The lowest BCUT2D eigenvalue weighted by Gasteiger charge is -2.15. The quantitative estimate of drug-likeness (QED) is 0.463. The van der Waals surface area contributed by atoms with Gasteiger partial charge >= 0.3 is 5.97 Å². The van der Waals surface area contributed by atoms with Crippen molar-refractivity contribution < 1.29 is 14.3 Å². The number of nitrogens with one attached hydrogen (secondary N) is 1. The number of ether oxygens (including phenoxy) is 1. The lowest BCUT2D eigenvalue weighted by atomic mass is 9.97. The van der Waals surface area contributed by atoms with Crippen LogP contribution in [0, 0.1) is 11.3 Å². The lowest BCUT2D eigenvalue weighted by molar-refractivity contribution is -0.119. The van der Waals surface area contributed by atoms with E-state index in [0.29, 0.717) is 16.1 Å². The van der Waals surface area contributed by atoms with Crippen molar-refractivity contribution in [1.82, 2.24) is 4.98 Å². The molecule has 2 aliphatic carbocycles. The molecule has 1 N–H and O–H groups in total. The van der Waals surface area contributed by atoms with Crippen LogP contribution in [-0.2, 0) is 35.2 Å². The maximum absolute atomic E-state index is 13.2. The Balaban J connectivity index is 1.36. The van der Waals surface area contributed by atoms with Crippen molar-refractivity contribution in [2.75, 3.05) is 11.9 Å². The van der Waals surface area contributed by atoms with Crippen molar-refractivity contribution in [2.24, 2.45) is 0 Å². The number of nitriles is 1. The summed E-state index contributed by atoms with van der Waals surface area (Å²) in [6.45, 7) is -0.391. The number of hydrogen-bond donors (Lipinski definition) is 1. The number of amides is 1. The molecule has 0 fully saturated rings. The number of aryl methyl sites for hydroxylation is 2. The number of benzene rings is 1. The summed E-state index contributed by atoms with van der Waals surface area (Å²) in [5, 5.41) is 13.6. The highest BCUT2D eigenvalue weighted by molar-refractivity contribution is 7.16. The zero-order valence-electron chi connectivity index (χ0n) is 17.7. The first-order chi connectivity index (χ1) is 15.7. The minimum absolute atomic E-state index is 0.391. The van der Waals surface area contributed by atoms with Gasteiger partial charge in [-0.2, -0.15) is 5.26 Å². The van der Waals surface area contributed by atoms with Crippen LogP contribution in [0.15, 0.2) is 24.3 Å². The Labute approximate surface area is 190 Å². The van der Waals surface area contributed by atoms with Gasteiger partial charge in [0.05, 0.1) is 16.6 Å². The standard InChI is InChI=1S/C25H23N3O3S/c26-13-18-15-9-6-12-21(15)32-24(18)28-22(29)14-31-25(30)23-16-7-2-1-3-10-19(16)27-20-11-5-4-8-17(20)23/h4-5,8,11H,1-3,6-7,9-10,12,14H2,(H,28,29). The molecule has 7 heteroatoms. The van der Waals surface area contributed by atoms with Gasteiger partial charge < -0.3 is 10.1 Å². The number of anilines is 1. The smallest absolute Gasteiger partial charge is 0.339 e. The zero-order chi connectivity index (χ0) is 22.1. The molecule has 1 amide bonds. The number of thiophene rings is 1. The van der Waals surface area contributed by atoms with Gasteiger partial charge in [0, 0.05) is 16.0 Å². The molecule has 2 aliphatic rings. The topological polar surface area (TPSA) is 92.1 Å². The first-order valence-corrected chi connectivity index (χ1v) is 11.9. The first kappa shape index (κ1) is 20.7. The Hall–Kier alpha value is -3.24. The Morgan fingerprint density at radius 3 is 2.75 bits per heavy atom. The summed E-state index contributed by atoms with van der Waals surface area (Å²) in [4.78, 5) is 31.7. The SMILES string of the molecule is N#Cc1c(NC(=O)COC(=O)c2c3c(nc4ccccc24)CCCCC3)sc2c1CCC2. The third kappa shape index (κ3) is 3.76. The molecule has 3 aromatic rings. The number of fused-ring (bicyclic) bond motifs is 3. The number of para-hydroxylation sites is 1. The van der Waals surface area contributed by atoms with Crippen molar-refractivity contribution in [2.45, 2.75) is 51.4 Å². The minimum Gasteiger partial charge on any atom is -0.452 e. The fraction of sp³-hybridized carbons (Fsp3) is 0.360. The minimum atomic E-state index is -0.494. The van der Waals surface area contributed by atoms with E-state index >= 15 is 0 Å². The zero-order valence-corrected chi connectivity index (χ0v) is 18.5. The second kappa shape index (κ2) is 8.71. The van der Waals surface area contributed by atoms with Crippen LogP contribution < -0.4 is 5.32 Å². The van der Waals surface area contributed by atoms with Crippen LogP contribution in [0.25, 0.3) is 10.9 Å². The third-order valence-electron chi connectivity index (χ3n) is 6.24. The summed E-state index contributed by atoms with van der Waals surface area (Å²) in [7, 11) is 0. The molecular formula is C25H23N3O3S. The molecule has 5 rings (SSSR count). The molecule has 162 valence electrons. The Bertz CT molecular complexity index is 1270. The molecule has 0 unspecified atom stereocenters. The number of aromatic nitrogens is 1. The predicted octanol–water partition coefficient (Wildman–Crippen LogP) is 4.72. The molecule has 2 aromatic heterocycles. The number of carbonyl (C=O) groups excluding carboxylic acids is 2. The summed E-state index contributed by atoms with van der Waals surface area (Å²) < 4.78 is 5.47. The second-order valence-electron chi connectivity index (χ2n) is 8.29. The molecule has 0 spiro atoms. The fourth-order valence-corrected chi connectivity index (χ4v) is 6.01. The highest BCUT2D eigenvalue weighted by Gasteiger charge is 2.25. The van der Waals surface area contributed by atoms with E-state index in [0.717, 1.165) is 79.1 Å². The van der Waals surface area contributed by atoms with Gasteiger partial charge in [0.1, 0.15) is 11.1 Å². The summed E-state index contributed by atoms with van der Waals surface area (Å²) in [5.41, 5.74) is 4.82. The Morgan fingerprint density at radius 1 is 1.06 bits per heavy atom. The molecule has 6 nitrogen and oxygen atoms in total. The summed E-state index contributed by atoms with van der Waals surface area (Å²) in [5.74, 6) is -0.926. The van der Waals surface area contributed by atoms with Crippen LogP contribution in [0.4, 0.5) is 5.00 Å². The molecule has 0 saturated heterocycles. The summed E-state index contributed by atoms with van der Waals surface area (Å²) >= 11 is 1.45. The molecule has 2 heterocycles. The van der Waals surface area contributed by atoms with Crippen molar-refractivity contribution in [3.8, 4) is 6.07 Å². The second-order valence-corrected chi connectivity index (χ2v) is 9.39. The van der Waals surface area contributed by atoms with Crippen LogP contribution in [0.5, 0.6) is 0 Å². The highest BCUT2D eigenvalue weighted by atomic mass is 32.1. The van der Waals surface area contributed by atoms with Gasteiger partial charge in [-0.25, -0.2) is 4.79 Å². The van der Waals surface area contributed by atoms with E-state index in [9.17, 15) is 14.9 Å². The van der Waals surface area contributed by atoms with Gasteiger partial charge in [0.25, 0.3) is 5.91 Å². The van der Waals surface area contributed by atoms with Gasteiger partial charge in [-0.3, -0.25) is 9.78 Å². The van der Waals surface area contributed by atoms with E-state index in [1.54, 1.807) is 0 Å². The van der Waals surface area contributed by atoms with E-state index < -0.39 is 18.5 Å². The normalized spacial score (nSPS) is 14.8. The summed E-state index contributed by atoms with van der Waals surface area (Å²) in [6, 6.07) is 9.80. The van der Waals surface area contributed by atoms with Crippen LogP contribution in [-0.4, -0.2) is 23.5 Å². The van der Waals surface area contributed by atoms with Crippen molar-refractivity contribution in [1.29, 1.82) is 5.26 Å². The Morgan fingerprint density at radius 2 is 1.88 bits per heavy atom. The predicted molar refractivity (Wildman–Crippen MR) is 123 cm³/mol. The molecule has 0 atom stereocenters. The van der Waals surface area contributed by atoms with Crippen molar-refractivity contribution in [3.05, 3.63) is 57.1 Å². The number of esters is 1. The van der Waals surface area contributed by atoms with E-state index in [4.69, 9.17) is 9.72 Å². The first-order valence-electron chi connectivity index (χ1n) is 11.1. The number of carbonyl (C=O) groups is 2. The maximum Gasteiger partial charge on any atom is 0.339 e. The molecule has 1 aromatic carbocycles. The van der Waals surface area contributed by atoms with E-state index in [1.165, 1.54) is 16.2 Å². The van der Waals surface area contributed by atoms with Crippen LogP contribution in [0.2, 0.25) is 0 Å². The molecule has 32 heavy (non-hydrogen) atoms. The van der Waals surface area contributed by atoms with Crippen molar-refractivity contribution >= 4 is 39.1 Å². The van der Waals surface area contributed by atoms with Gasteiger partial charge in [-0.1, -0.05) is 24.6 Å². The van der Waals surface area contributed by atoms with Gasteiger partial charge in [-0.05, 0) is 62.1 Å².